The lowest BCUT2D eigenvalue weighted by Crippen LogP contribution is -2.31. The molecule has 3 aromatic carbocycles. The van der Waals surface area contributed by atoms with Gasteiger partial charge in [-0.2, -0.15) is 0 Å². The molecular weight excluding hydrogens is 358 g/mol. The maximum atomic E-state index is 12.3. The molecule has 3 aromatic rings. The third kappa shape index (κ3) is 3.62. The number of hydrogen-bond donors (Lipinski definition) is 1. The van der Waals surface area contributed by atoms with Gasteiger partial charge in [0, 0.05) is 0 Å². The number of fused-ring (bicyclic) bond motifs is 2. The summed E-state index contributed by atoms with van der Waals surface area (Å²) in [6, 6.07) is 18.5. The highest BCUT2D eigenvalue weighted by Gasteiger charge is 2.18. The van der Waals surface area contributed by atoms with E-state index in [-0.39, 0.29) is 25.3 Å². The molecule has 0 aliphatic carbocycles. The van der Waals surface area contributed by atoms with Crippen LogP contribution in [-0.4, -0.2) is 25.3 Å². The van der Waals surface area contributed by atoms with E-state index in [1.54, 1.807) is 18.2 Å². The molecule has 1 amide bonds. The molecule has 0 fully saturated rings. The number of esters is 1. The molecule has 1 atom stereocenters. The van der Waals surface area contributed by atoms with Gasteiger partial charge in [-0.1, -0.05) is 42.5 Å². The van der Waals surface area contributed by atoms with Crippen LogP contribution in [0.2, 0.25) is 0 Å². The first-order chi connectivity index (χ1) is 13.6. The Morgan fingerprint density at radius 1 is 1.04 bits per heavy atom. The Labute approximate surface area is 162 Å². The lowest BCUT2D eigenvalue weighted by molar-refractivity contribution is -0.124. The van der Waals surface area contributed by atoms with Crippen LogP contribution < -0.4 is 14.8 Å². The van der Waals surface area contributed by atoms with Gasteiger partial charge in [-0.05, 0) is 41.5 Å². The first kappa shape index (κ1) is 17.9. The SMILES string of the molecule is CC(NC(=O)COC(=O)c1ccc2c(c1)OCO2)c1cccc2ccccc12. The lowest BCUT2D eigenvalue weighted by Gasteiger charge is -2.16. The average Bonchev–Trinajstić information content (AvgIpc) is 3.19. The van der Waals surface area contributed by atoms with E-state index in [2.05, 4.69) is 5.32 Å². The van der Waals surface area contributed by atoms with Gasteiger partial charge >= 0.3 is 5.97 Å². The predicted molar refractivity (Wildman–Crippen MR) is 103 cm³/mol. The van der Waals surface area contributed by atoms with Gasteiger partial charge in [0.25, 0.3) is 5.91 Å². The van der Waals surface area contributed by atoms with Crippen LogP contribution in [0, 0.1) is 0 Å². The number of hydrogen-bond acceptors (Lipinski definition) is 5. The second-order valence-corrected chi connectivity index (χ2v) is 6.50. The molecule has 1 heterocycles. The van der Waals surface area contributed by atoms with Crippen LogP contribution in [0.5, 0.6) is 11.5 Å². The van der Waals surface area contributed by atoms with Crippen molar-refractivity contribution >= 4 is 22.6 Å². The maximum Gasteiger partial charge on any atom is 0.338 e. The number of carbonyl (C=O) groups is 2. The highest BCUT2D eigenvalue weighted by atomic mass is 16.7. The average molecular weight is 377 g/mol. The van der Waals surface area contributed by atoms with E-state index in [0.29, 0.717) is 17.1 Å². The highest BCUT2D eigenvalue weighted by molar-refractivity contribution is 5.92. The molecule has 28 heavy (non-hydrogen) atoms. The van der Waals surface area contributed by atoms with Crippen molar-refractivity contribution in [3.05, 3.63) is 71.8 Å². The van der Waals surface area contributed by atoms with Gasteiger partial charge in [0.1, 0.15) is 0 Å². The molecule has 0 bridgehead atoms. The van der Waals surface area contributed by atoms with Gasteiger partial charge < -0.3 is 19.5 Å². The van der Waals surface area contributed by atoms with Crippen molar-refractivity contribution in [2.75, 3.05) is 13.4 Å². The molecule has 0 saturated carbocycles. The zero-order valence-corrected chi connectivity index (χ0v) is 15.3. The van der Waals surface area contributed by atoms with Crippen molar-refractivity contribution in [1.29, 1.82) is 0 Å². The van der Waals surface area contributed by atoms with Crippen molar-refractivity contribution in [3.8, 4) is 11.5 Å². The fourth-order valence-electron chi connectivity index (χ4n) is 3.23. The van der Waals surface area contributed by atoms with Crippen LogP contribution in [0.4, 0.5) is 0 Å². The number of benzene rings is 3. The standard InChI is InChI=1S/C22H19NO5/c1-14(17-8-4-6-15-5-2-3-7-18(15)17)23-21(24)12-26-22(25)16-9-10-19-20(11-16)28-13-27-19/h2-11,14H,12-13H2,1H3,(H,23,24). The summed E-state index contributed by atoms with van der Waals surface area (Å²) in [4.78, 5) is 24.4. The third-order valence-electron chi connectivity index (χ3n) is 4.61. The van der Waals surface area contributed by atoms with E-state index in [0.717, 1.165) is 16.3 Å². The number of ether oxygens (including phenoxy) is 3. The zero-order chi connectivity index (χ0) is 19.5. The Hall–Kier alpha value is -3.54. The number of carbonyl (C=O) groups excluding carboxylic acids is 2. The summed E-state index contributed by atoms with van der Waals surface area (Å²) in [6.07, 6.45) is 0. The summed E-state index contributed by atoms with van der Waals surface area (Å²) in [5, 5.41) is 5.06. The monoisotopic (exact) mass is 377 g/mol. The second-order valence-electron chi connectivity index (χ2n) is 6.50. The van der Waals surface area contributed by atoms with E-state index in [9.17, 15) is 9.59 Å². The molecular formula is C22H19NO5. The fourth-order valence-corrected chi connectivity index (χ4v) is 3.23. The maximum absolute atomic E-state index is 12.3. The molecule has 1 N–H and O–H groups in total. The fraction of sp³-hybridized carbons (Fsp3) is 0.182. The minimum absolute atomic E-state index is 0.127. The molecule has 6 nitrogen and oxygen atoms in total. The van der Waals surface area contributed by atoms with E-state index < -0.39 is 5.97 Å². The van der Waals surface area contributed by atoms with Gasteiger partial charge in [0.2, 0.25) is 6.79 Å². The van der Waals surface area contributed by atoms with E-state index in [4.69, 9.17) is 14.2 Å². The Balaban J connectivity index is 1.37. The number of nitrogens with one attached hydrogen (secondary N) is 1. The van der Waals surface area contributed by atoms with E-state index >= 15 is 0 Å². The molecule has 1 aliphatic rings. The number of rotatable bonds is 5. The topological polar surface area (TPSA) is 73.9 Å². The smallest absolute Gasteiger partial charge is 0.338 e. The molecule has 0 spiro atoms. The van der Waals surface area contributed by atoms with Crippen molar-refractivity contribution in [2.24, 2.45) is 0 Å². The third-order valence-corrected chi connectivity index (χ3v) is 4.61. The Kier molecular flexibility index (Phi) is 4.85. The molecule has 6 heteroatoms. The van der Waals surface area contributed by atoms with E-state index in [1.165, 1.54) is 0 Å². The van der Waals surface area contributed by atoms with Crippen LogP contribution in [-0.2, 0) is 9.53 Å². The summed E-state index contributed by atoms with van der Waals surface area (Å²) in [5.74, 6) is 0.113. The molecule has 0 saturated heterocycles. The minimum atomic E-state index is -0.591. The van der Waals surface area contributed by atoms with Crippen LogP contribution in [0.15, 0.2) is 60.7 Å². The first-order valence-corrected chi connectivity index (χ1v) is 8.95. The molecule has 0 radical (unpaired) electrons. The van der Waals surface area contributed by atoms with Crippen molar-refractivity contribution in [3.63, 3.8) is 0 Å². The Morgan fingerprint density at radius 3 is 2.71 bits per heavy atom. The normalized spacial score (nSPS) is 13.2. The van der Waals surface area contributed by atoms with Gasteiger partial charge in [0.05, 0.1) is 11.6 Å². The highest BCUT2D eigenvalue weighted by Crippen LogP contribution is 2.32. The molecule has 1 aliphatic heterocycles. The lowest BCUT2D eigenvalue weighted by atomic mass is 10.00. The van der Waals surface area contributed by atoms with Gasteiger partial charge in [-0.15, -0.1) is 0 Å². The molecule has 142 valence electrons. The van der Waals surface area contributed by atoms with Gasteiger partial charge in [-0.25, -0.2) is 4.79 Å². The van der Waals surface area contributed by atoms with E-state index in [1.807, 2.05) is 49.4 Å². The predicted octanol–water partition coefficient (Wildman–Crippen LogP) is 3.60. The molecule has 0 aromatic heterocycles. The van der Waals surface area contributed by atoms with Crippen LogP contribution in [0.1, 0.15) is 28.9 Å². The second kappa shape index (κ2) is 7.60. The minimum Gasteiger partial charge on any atom is -0.454 e. The summed E-state index contributed by atoms with van der Waals surface area (Å²) in [6.45, 7) is 1.67. The van der Waals surface area contributed by atoms with Crippen LogP contribution in [0.25, 0.3) is 10.8 Å². The Bertz CT molecular complexity index is 1040. The van der Waals surface area contributed by atoms with Gasteiger partial charge in [-0.3, -0.25) is 4.79 Å². The summed E-state index contributed by atoms with van der Waals surface area (Å²) < 4.78 is 15.6. The largest absolute Gasteiger partial charge is 0.454 e. The van der Waals surface area contributed by atoms with Crippen LogP contribution >= 0.6 is 0 Å². The number of amides is 1. The first-order valence-electron chi connectivity index (χ1n) is 8.95. The molecule has 4 rings (SSSR count). The zero-order valence-electron chi connectivity index (χ0n) is 15.3. The van der Waals surface area contributed by atoms with Crippen LogP contribution in [0.3, 0.4) is 0 Å². The van der Waals surface area contributed by atoms with Crippen molar-refractivity contribution in [2.45, 2.75) is 13.0 Å². The summed E-state index contributed by atoms with van der Waals surface area (Å²) >= 11 is 0. The quantitative estimate of drug-likeness (QED) is 0.688. The summed E-state index contributed by atoms with van der Waals surface area (Å²) in [5.41, 5.74) is 1.31. The summed E-state index contributed by atoms with van der Waals surface area (Å²) in [7, 11) is 0. The van der Waals surface area contributed by atoms with Crippen molar-refractivity contribution < 1.29 is 23.8 Å². The van der Waals surface area contributed by atoms with Crippen molar-refractivity contribution in [1.82, 2.24) is 5.32 Å². The Morgan fingerprint density at radius 2 is 1.82 bits per heavy atom. The molecule has 1 unspecified atom stereocenters. The van der Waals surface area contributed by atoms with Gasteiger partial charge in [0.15, 0.2) is 18.1 Å².